The second-order valence-electron chi connectivity index (χ2n) is 7.42. The number of aryl methyl sites for hydroxylation is 2. The highest BCUT2D eigenvalue weighted by molar-refractivity contribution is 5.99. The molecule has 0 radical (unpaired) electrons. The van der Waals surface area contributed by atoms with Gasteiger partial charge in [-0.3, -0.25) is 9.89 Å². The molecule has 1 N–H and O–H groups in total. The van der Waals surface area contributed by atoms with Crippen molar-refractivity contribution in [3.8, 4) is 11.3 Å². The molecule has 4 rings (SSSR count). The largest absolute Gasteiger partial charge is 0.362 e. The SMILES string of the molecule is Cc1cccc(-c2[nH]ncc2C(=O)N2CCc3c(nc(C)nc3N(C)C)C2)c1. The van der Waals surface area contributed by atoms with Crippen LogP contribution in [0.2, 0.25) is 0 Å². The fraction of sp³-hybridized carbons (Fsp3) is 0.333. The van der Waals surface area contributed by atoms with Gasteiger partial charge in [0.1, 0.15) is 11.6 Å². The second-order valence-corrected chi connectivity index (χ2v) is 7.42. The van der Waals surface area contributed by atoms with E-state index in [2.05, 4.69) is 26.2 Å². The van der Waals surface area contributed by atoms with Gasteiger partial charge in [0.05, 0.1) is 29.7 Å². The summed E-state index contributed by atoms with van der Waals surface area (Å²) in [6.07, 6.45) is 2.36. The molecule has 1 amide bonds. The average Bonchev–Trinajstić information content (AvgIpc) is 3.16. The van der Waals surface area contributed by atoms with E-state index in [0.29, 0.717) is 18.7 Å². The lowest BCUT2D eigenvalue weighted by Crippen LogP contribution is -2.37. The molecule has 3 aromatic rings. The minimum Gasteiger partial charge on any atom is -0.362 e. The highest BCUT2D eigenvalue weighted by Crippen LogP contribution is 2.28. The summed E-state index contributed by atoms with van der Waals surface area (Å²) in [5, 5.41) is 7.13. The number of aromatic amines is 1. The van der Waals surface area contributed by atoms with Crippen LogP contribution in [0.5, 0.6) is 0 Å². The Morgan fingerprint density at radius 2 is 2.04 bits per heavy atom. The van der Waals surface area contributed by atoms with Gasteiger partial charge in [-0.2, -0.15) is 5.10 Å². The highest BCUT2D eigenvalue weighted by Gasteiger charge is 2.28. The normalized spacial score (nSPS) is 13.4. The van der Waals surface area contributed by atoms with Gasteiger partial charge >= 0.3 is 0 Å². The number of fused-ring (bicyclic) bond motifs is 1. The number of hydrogen-bond acceptors (Lipinski definition) is 5. The van der Waals surface area contributed by atoms with E-state index in [9.17, 15) is 4.79 Å². The molecule has 0 saturated carbocycles. The first-order valence-electron chi connectivity index (χ1n) is 9.37. The zero-order valence-corrected chi connectivity index (χ0v) is 16.7. The minimum absolute atomic E-state index is 0.0291. The van der Waals surface area contributed by atoms with E-state index in [-0.39, 0.29) is 5.91 Å². The Bertz CT molecular complexity index is 1040. The first kappa shape index (κ1) is 18.2. The molecule has 2 aromatic heterocycles. The Hall–Kier alpha value is -3.22. The van der Waals surface area contributed by atoms with Gasteiger partial charge in [-0.25, -0.2) is 9.97 Å². The van der Waals surface area contributed by atoms with Crippen molar-refractivity contribution in [2.24, 2.45) is 0 Å². The number of carbonyl (C=O) groups excluding carboxylic acids is 1. The van der Waals surface area contributed by atoms with Crippen LogP contribution in [0, 0.1) is 13.8 Å². The molecule has 0 fully saturated rings. The highest BCUT2D eigenvalue weighted by atomic mass is 16.2. The van der Waals surface area contributed by atoms with Crippen molar-refractivity contribution < 1.29 is 4.79 Å². The van der Waals surface area contributed by atoms with Crippen molar-refractivity contribution in [3.05, 3.63) is 58.7 Å². The van der Waals surface area contributed by atoms with Crippen LogP contribution >= 0.6 is 0 Å². The number of nitrogens with zero attached hydrogens (tertiary/aromatic N) is 5. The Kier molecular flexibility index (Phi) is 4.58. The smallest absolute Gasteiger partial charge is 0.258 e. The third-order valence-corrected chi connectivity index (χ3v) is 5.04. The van der Waals surface area contributed by atoms with Crippen LogP contribution in [-0.4, -0.2) is 51.6 Å². The fourth-order valence-corrected chi connectivity index (χ4v) is 3.71. The van der Waals surface area contributed by atoms with E-state index >= 15 is 0 Å². The predicted octanol–water partition coefficient (Wildman–Crippen LogP) is 2.75. The topological polar surface area (TPSA) is 78.0 Å². The summed E-state index contributed by atoms with van der Waals surface area (Å²) in [6.45, 7) is 5.04. The average molecular weight is 376 g/mol. The molecule has 3 heterocycles. The van der Waals surface area contributed by atoms with E-state index < -0.39 is 0 Å². The Morgan fingerprint density at radius 1 is 1.21 bits per heavy atom. The van der Waals surface area contributed by atoms with Gasteiger partial charge in [0.25, 0.3) is 5.91 Å². The predicted molar refractivity (Wildman–Crippen MR) is 108 cm³/mol. The lowest BCUT2D eigenvalue weighted by atomic mass is 10.0. The van der Waals surface area contributed by atoms with Crippen molar-refractivity contribution in [2.45, 2.75) is 26.8 Å². The quantitative estimate of drug-likeness (QED) is 0.760. The summed E-state index contributed by atoms with van der Waals surface area (Å²) in [6, 6.07) is 8.06. The zero-order chi connectivity index (χ0) is 19.8. The summed E-state index contributed by atoms with van der Waals surface area (Å²) < 4.78 is 0. The van der Waals surface area contributed by atoms with E-state index in [1.165, 1.54) is 0 Å². The number of amides is 1. The minimum atomic E-state index is -0.0291. The summed E-state index contributed by atoms with van der Waals surface area (Å²) >= 11 is 0. The van der Waals surface area contributed by atoms with Crippen LogP contribution in [0.15, 0.2) is 30.5 Å². The van der Waals surface area contributed by atoms with Crippen LogP contribution in [-0.2, 0) is 13.0 Å². The lowest BCUT2D eigenvalue weighted by Gasteiger charge is -2.30. The van der Waals surface area contributed by atoms with Gasteiger partial charge in [-0.1, -0.05) is 23.8 Å². The number of carbonyl (C=O) groups is 1. The molecule has 0 atom stereocenters. The van der Waals surface area contributed by atoms with Gasteiger partial charge in [0, 0.05) is 31.8 Å². The molecule has 1 aliphatic heterocycles. The number of aromatic nitrogens is 4. The van der Waals surface area contributed by atoms with Crippen LogP contribution in [0.3, 0.4) is 0 Å². The lowest BCUT2D eigenvalue weighted by molar-refractivity contribution is 0.0732. The van der Waals surface area contributed by atoms with Gasteiger partial charge in [-0.05, 0) is 26.3 Å². The van der Waals surface area contributed by atoms with E-state index in [1.54, 1.807) is 6.20 Å². The van der Waals surface area contributed by atoms with Crippen molar-refractivity contribution >= 4 is 11.7 Å². The molecule has 0 unspecified atom stereocenters. The van der Waals surface area contributed by atoms with Crippen LogP contribution in [0.1, 0.15) is 33.0 Å². The zero-order valence-electron chi connectivity index (χ0n) is 16.7. The summed E-state index contributed by atoms with van der Waals surface area (Å²) in [5.74, 6) is 1.64. The second kappa shape index (κ2) is 7.07. The molecule has 1 aliphatic rings. The maximum absolute atomic E-state index is 13.3. The summed E-state index contributed by atoms with van der Waals surface area (Å²) in [5.41, 5.74) is 5.51. The van der Waals surface area contributed by atoms with Gasteiger partial charge in [0.2, 0.25) is 0 Å². The van der Waals surface area contributed by atoms with Gasteiger partial charge in [0.15, 0.2) is 0 Å². The molecule has 7 heteroatoms. The Balaban J connectivity index is 1.65. The molecule has 144 valence electrons. The number of H-pyrrole nitrogens is 1. The van der Waals surface area contributed by atoms with Crippen LogP contribution < -0.4 is 4.90 Å². The Morgan fingerprint density at radius 3 is 2.79 bits per heavy atom. The number of benzene rings is 1. The number of anilines is 1. The van der Waals surface area contributed by atoms with Gasteiger partial charge < -0.3 is 9.80 Å². The molecular formula is C21H24N6O. The molecular weight excluding hydrogens is 352 g/mol. The van der Waals surface area contributed by atoms with Crippen molar-refractivity contribution in [1.82, 2.24) is 25.1 Å². The molecule has 0 bridgehead atoms. The molecule has 0 spiro atoms. The van der Waals surface area contributed by atoms with E-state index in [0.717, 1.165) is 46.1 Å². The number of hydrogen-bond donors (Lipinski definition) is 1. The third kappa shape index (κ3) is 3.24. The summed E-state index contributed by atoms with van der Waals surface area (Å²) in [7, 11) is 3.97. The molecule has 0 saturated heterocycles. The summed E-state index contributed by atoms with van der Waals surface area (Å²) in [4.78, 5) is 26.3. The maximum Gasteiger partial charge on any atom is 0.258 e. The first-order valence-corrected chi connectivity index (χ1v) is 9.37. The standard InChI is InChI=1S/C21H24N6O/c1-13-6-5-7-15(10-13)19-17(11-22-25-19)21(28)27-9-8-16-18(12-27)23-14(2)24-20(16)26(3)4/h5-7,10-11H,8-9,12H2,1-4H3,(H,22,25). The fourth-order valence-electron chi connectivity index (χ4n) is 3.71. The van der Waals surface area contributed by atoms with Gasteiger partial charge in [-0.15, -0.1) is 0 Å². The Labute approximate surface area is 164 Å². The van der Waals surface area contributed by atoms with E-state index in [4.69, 9.17) is 0 Å². The van der Waals surface area contributed by atoms with Crippen molar-refractivity contribution in [2.75, 3.05) is 25.5 Å². The number of rotatable bonds is 3. The van der Waals surface area contributed by atoms with Crippen LogP contribution in [0.25, 0.3) is 11.3 Å². The van der Waals surface area contributed by atoms with E-state index in [1.807, 2.05) is 55.9 Å². The first-order chi connectivity index (χ1) is 13.4. The molecule has 1 aromatic carbocycles. The van der Waals surface area contributed by atoms with Crippen molar-refractivity contribution in [3.63, 3.8) is 0 Å². The molecule has 28 heavy (non-hydrogen) atoms. The molecule has 7 nitrogen and oxygen atoms in total. The van der Waals surface area contributed by atoms with Crippen molar-refractivity contribution in [1.29, 1.82) is 0 Å². The monoisotopic (exact) mass is 376 g/mol. The maximum atomic E-state index is 13.3. The molecule has 0 aliphatic carbocycles. The number of nitrogens with one attached hydrogen (secondary N) is 1. The van der Waals surface area contributed by atoms with Crippen LogP contribution in [0.4, 0.5) is 5.82 Å². The third-order valence-electron chi connectivity index (χ3n) is 5.04.